The fraction of sp³-hybridized carbons (Fsp3) is 0.0833. The lowest BCUT2D eigenvalue weighted by Gasteiger charge is -2.08. The minimum Gasteiger partial charge on any atom is -0.363 e. The molecule has 0 fully saturated rings. The van der Waals surface area contributed by atoms with Gasteiger partial charge >= 0.3 is 0 Å². The summed E-state index contributed by atoms with van der Waals surface area (Å²) in [4.78, 5) is 3.00. The zero-order valence-electron chi connectivity index (χ0n) is 9.35. The smallest absolute Gasteiger partial charge is 0.251 e. The first-order chi connectivity index (χ1) is 8.97. The Morgan fingerprint density at radius 1 is 0.895 bits per heavy atom. The van der Waals surface area contributed by atoms with E-state index in [1.807, 2.05) is 0 Å². The molecule has 0 aliphatic heterocycles. The van der Waals surface area contributed by atoms with E-state index in [1.165, 1.54) is 0 Å². The van der Waals surface area contributed by atoms with Crippen molar-refractivity contribution in [2.24, 2.45) is 0 Å². The molecule has 1 heterocycles. The summed E-state index contributed by atoms with van der Waals surface area (Å²) in [6, 6.07) is 3.04. The van der Waals surface area contributed by atoms with Gasteiger partial charge in [-0.3, -0.25) is 0 Å². The minimum atomic E-state index is -1.48. The van der Waals surface area contributed by atoms with E-state index in [0.717, 1.165) is 18.2 Å². The average molecular weight is 274 g/mol. The predicted octanol–water partition coefficient (Wildman–Crippen LogP) is 3.39. The first-order valence-corrected chi connectivity index (χ1v) is 5.16. The van der Waals surface area contributed by atoms with E-state index >= 15 is 0 Å². The first kappa shape index (κ1) is 13.3. The molecule has 1 aromatic carbocycles. The molecule has 19 heavy (non-hydrogen) atoms. The number of hydrogen-bond acceptors (Lipinski definition) is 2. The molecule has 0 saturated carbocycles. The molecule has 2 rings (SSSR count). The molecule has 0 aliphatic carbocycles. The number of rotatable bonds is 3. The third kappa shape index (κ3) is 2.98. The van der Waals surface area contributed by atoms with Crippen molar-refractivity contribution >= 4 is 5.82 Å². The second kappa shape index (κ2) is 5.21. The average Bonchev–Trinajstić information content (AvgIpc) is 2.36. The molecule has 0 radical (unpaired) electrons. The summed E-state index contributed by atoms with van der Waals surface area (Å²) in [6.45, 7) is -0.321. The molecule has 0 spiro atoms. The first-order valence-electron chi connectivity index (χ1n) is 5.16. The van der Waals surface area contributed by atoms with Gasteiger partial charge in [0.15, 0.2) is 17.5 Å². The highest BCUT2D eigenvalue weighted by Gasteiger charge is 2.12. The lowest BCUT2D eigenvalue weighted by atomic mass is 10.2. The van der Waals surface area contributed by atoms with Crippen LogP contribution in [0.4, 0.5) is 27.8 Å². The number of hydrogen-bond donors (Lipinski definition) is 1. The van der Waals surface area contributed by atoms with E-state index in [0.29, 0.717) is 6.07 Å². The van der Waals surface area contributed by atoms with Gasteiger partial charge in [0.1, 0.15) is 11.6 Å². The molecular weight excluding hydrogens is 267 g/mol. The van der Waals surface area contributed by atoms with Crippen molar-refractivity contribution in [1.29, 1.82) is 0 Å². The second-order valence-electron chi connectivity index (χ2n) is 3.68. The van der Waals surface area contributed by atoms with Crippen LogP contribution in [0.25, 0.3) is 0 Å². The monoisotopic (exact) mass is 274 g/mol. The highest BCUT2D eigenvalue weighted by molar-refractivity contribution is 5.37. The van der Waals surface area contributed by atoms with Crippen molar-refractivity contribution < 1.29 is 22.0 Å². The molecule has 2 nitrogen and oxygen atoms in total. The van der Waals surface area contributed by atoms with Crippen molar-refractivity contribution in [1.82, 2.24) is 4.98 Å². The maximum atomic E-state index is 13.3. The van der Waals surface area contributed by atoms with Crippen molar-refractivity contribution in [3.05, 3.63) is 59.0 Å². The number of benzene rings is 1. The normalized spacial score (nSPS) is 10.6. The molecule has 0 bridgehead atoms. The van der Waals surface area contributed by atoms with Crippen LogP contribution in [0.3, 0.4) is 0 Å². The predicted molar refractivity (Wildman–Crippen MR) is 57.8 cm³/mol. The highest BCUT2D eigenvalue weighted by Crippen LogP contribution is 2.16. The molecule has 0 saturated heterocycles. The summed E-state index contributed by atoms with van der Waals surface area (Å²) >= 11 is 0. The lowest BCUT2D eigenvalue weighted by molar-refractivity contribution is 0.466. The van der Waals surface area contributed by atoms with Crippen LogP contribution in [-0.4, -0.2) is 4.98 Å². The molecule has 100 valence electrons. The Bertz CT molecular complexity index is 615. The third-order valence-corrected chi connectivity index (χ3v) is 2.34. The molecule has 7 heteroatoms. The van der Waals surface area contributed by atoms with Gasteiger partial charge in [-0.1, -0.05) is 0 Å². The Labute approximate surface area is 104 Å². The number of pyridine rings is 1. The van der Waals surface area contributed by atoms with Crippen molar-refractivity contribution in [3.8, 4) is 0 Å². The highest BCUT2D eigenvalue weighted by atomic mass is 19.2. The van der Waals surface area contributed by atoms with Gasteiger partial charge in [-0.05, 0) is 18.2 Å². The van der Waals surface area contributed by atoms with Gasteiger partial charge in [0.05, 0.1) is 0 Å². The second-order valence-corrected chi connectivity index (χ2v) is 3.68. The fourth-order valence-electron chi connectivity index (χ4n) is 1.43. The van der Waals surface area contributed by atoms with Crippen molar-refractivity contribution in [3.63, 3.8) is 0 Å². The van der Waals surface area contributed by atoms with E-state index in [-0.39, 0.29) is 12.1 Å². The summed E-state index contributed by atoms with van der Waals surface area (Å²) in [6.07, 6.45) is 0. The topological polar surface area (TPSA) is 24.9 Å². The molecule has 0 amide bonds. The van der Waals surface area contributed by atoms with Gasteiger partial charge in [-0.2, -0.15) is 9.37 Å². The number of nitrogens with one attached hydrogen (secondary N) is 1. The largest absolute Gasteiger partial charge is 0.363 e. The Kier molecular flexibility index (Phi) is 3.64. The molecule has 1 aromatic heterocycles. The molecule has 2 aromatic rings. The van der Waals surface area contributed by atoms with Crippen LogP contribution in [-0.2, 0) is 6.54 Å². The van der Waals surface area contributed by atoms with Crippen LogP contribution >= 0.6 is 0 Å². The van der Waals surface area contributed by atoms with Crippen LogP contribution in [0.5, 0.6) is 0 Å². The van der Waals surface area contributed by atoms with E-state index in [9.17, 15) is 22.0 Å². The van der Waals surface area contributed by atoms with Crippen molar-refractivity contribution in [2.45, 2.75) is 6.54 Å². The Balaban J connectivity index is 2.19. The van der Waals surface area contributed by atoms with E-state index in [1.54, 1.807) is 0 Å². The van der Waals surface area contributed by atoms with Crippen LogP contribution in [0.15, 0.2) is 24.3 Å². The van der Waals surface area contributed by atoms with Gasteiger partial charge in [0.25, 0.3) is 5.95 Å². The fourth-order valence-corrected chi connectivity index (χ4v) is 1.43. The minimum absolute atomic E-state index is 0.0917. The molecular formula is C12H7F5N2. The summed E-state index contributed by atoms with van der Waals surface area (Å²) < 4.78 is 64.8. The maximum absolute atomic E-state index is 13.3. The SMILES string of the molecule is Fc1ccc(F)c(CNc2nc(F)c(F)cc2F)c1. The summed E-state index contributed by atoms with van der Waals surface area (Å²) in [5.74, 6) is -6.00. The van der Waals surface area contributed by atoms with Crippen LogP contribution in [0, 0.1) is 29.2 Å². The maximum Gasteiger partial charge on any atom is 0.251 e. The zero-order chi connectivity index (χ0) is 14.0. The summed E-state index contributed by atoms with van der Waals surface area (Å²) in [5.41, 5.74) is -0.0917. The summed E-state index contributed by atoms with van der Waals surface area (Å²) in [5, 5.41) is 2.27. The Morgan fingerprint density at radius 3 is 2.37 bits per heavy atom. The number of nitrogens with zero attached hydrogens (tertiary/aromatic N) is 1. The van der Waals surface area contributed by atoms with Crippen molar-refractivity contribution in [2.75, 3.05) is 5.32 Å². The van der Waals surface area contributed by atoms with Crippen LogP contribution in [0.2, 0.25) is 0 Å². The van der Waals surface area contributed by atoms with Gasteiger partial charge in [0.2, 0.25) is 0 Å². The molecule has 1 N–H and O–H groups in total. The third-order valence-electron chi connectivity index (χ3n) is 2.34. The van der Waals surface area contributed by atoms with Crippen LogP contribution < -0.4 is 5.32 Å². The Hall–Kier alpha value is -2.18. The van der Waals surface area contributed by atoms with Gasteiger partial charge in [-0.25, -0.2) is 17.6 Å². The Morgan fingerprint density at radius 2 is 1.63 bits per heavy atom. The quantitative estimate of drug-likeness (QED) is 0.685. The van der Waals surface area contributed by atoms with E-state index < -0.39 is 35.0 Å². The molecule has 0 unspecified atom stereocenters. The number of halogens is 5. The number of anilines is 1. The van der Waals surface area contributed by atoms with E-state index in [4.69, 9.17) is 0 Å². The van der Waals surface area contributed by atoms with Gasteiger partial charge in [0, 0.05) is 18.2 Å². The standard InChI is InChI=1S/C12H7F5N2/c13-7-1-2-8(14)6(3-7)5-18-12-10(16)4-9(15)11(17)19-12/h1-4H,5H2,(H,18,19). The lowest BCUT2D eigenvalue weighted by Crippen LogP contribution is -2.07. The number of aromatic nitrogens is 1. The molecule has 0 atom stereocenters. The van der Waals surface area contributed by atoms with Gasteiger partial charge < -0.3 is 5.32 Å². The van der Waals surface area contributed by atoms with E-state index in [2.05, 4.69) is 10.3 Å². The summed E-state index contributed by atoms with van der Waals surface area (Å²) in [7, 11) is 0. The molecule has 0 aliphatic rings. The van der Waals surface area contributed by atoms with Gasteiger partial charge in [-0.15, -0.1) is 0 Å². The zero-order valence-corrected chi connectivity index (χ0v) is 9.35. The van der Waals surface area contributed by atoms with Crippen LogP contribution in [0.1, 0.15) is 5.56 Å².